The summed E-state index contributed by atoms with van der Waals surface area (Å²) in [5, 5.41) is 9.12. The zero-order valence-corrected chi connectivity index (χ0v) is 7.14. The maximum atomic E-state index is 9.12. The first-order chi connectivity index (χ1) is 4.72. The second-order valence-electron chi connectivity index (χ2n) is 2.30. The van der Waals surface area contributed by atoms with E-state index in [1.54, 1.807) is 13.0 Å². The summed E-state index contributed by atoms with van der Waals surface area (Å²) < 4.78 is 0. The topological polar surface area (TPSA) is 46.2 Å². The van der Waals surface area contributed by atoms with E-state index in [-0.39, 0.29) is 12.4 Å². The first-order valence-corrected chi connectivity index (χ1v) is 3.24. The molecular formula is C8H12ClNO. The minimum absolute atomic E-state index is 0. The molecule has 62 valence electrons. The molecule has 1 unspecified atom stereocenters. The SMILES string of the molecule is CC(O)c1ccccc1N.Cl. The largest absolute Gasteiger partial charge is 0.398 e. The van der Waals surface area contributed by atoms with E-state index in [0.717, 1.165) is 5.56 Å². The molecule has 1 atom stereocenters. The van der Waals surface area contributed by atoms with E-state index in [1.807, 2.05) is 18.2 Å². The summed E-state index contributed by atoms with van der Waals surface area (Å²) in [6.07, 6.45) is -0.471. The molecule has 0 aliphatic heterocycles. The Morgan fingerprint density at radius 3 is 2.27 bits per heavy atom. The molecule has 2 nitrogen and oxygen atoms in total. The Bertz CT molecular complexity index is 225. The molecule has 0 aliphatic carbocycles. The van der Waals surface area contributed by atoms with Crippen LogP contribution in [-0.2, 0) is 0 Å². The summed E-state index contributed by atoms with van der Waals surface area (Å²) in [6, 6.07) is 7.31. The maximum absolute atomic E-state index is 9.12. The van der Waals surface area contributed by atoms with Gasteiger partial charge >= 0.3 is 0 Å². The molecular weight excluding hydrogens is 162 g/mol. The molecule has 1 aromatic carbocycles. The Hall–Kier alpha value is -0.730. The Morgan fingerprint density at radius 1 is 1.36 bits per heavy atom. The van der Waals surface area contributed by atoms with Gasteiger partial charge in [0.05, 0.1) is 6.10 Å². The van der Waals surface area contributed by atoms with Gasteiger partial charge < -0.3 is 10.8 Å². The van der Waals surface area contributed by atoms with Crippen LogP contribution in [0.3, 0.4) is 0 Å². The molecule has 0 saturated carbocycles. The summed E-state index contributed by atoms with van der Waals surface area (Å²) in [4.78, 5) is 0. The van der Waals surface area contributed by atoms with Gasteiger partial charge in [0.25, 0.3) is 0 Å². The maximum Gasteiger partial charge on any atom is 0.0781 e. The average molecular weight is 174 g/mol. The molecule has 1 aromatic rings. The third kappa shape index (κ3) is 2.41. The molecule has 0 heterocycles. The molecule has 1 rings (SSSR count). The molecule has 0 spiro atoms. The Labute approximate surface area is 72.4 Å². The molecule has 0 fully saturated rings. The predicted molar refractivity (Wildman–Crippen MR) is 48.7 cm³/mol. The van der Waals surface area contributed by atoms with Crippen molar-refractivity contribution in [3.63, 3.8) is 0 Å². The minimum atomic E-state index is -0.471. The van der Waals surface area contributed by atoms with Crippen LogP contribution in [0, 0.1) is 0 Å². The molecule has 0 bridgehead atoms. The highest BCUT2D eigenvalue weighted by atomic mass is 35.5. The second kappa shape index (κ2) is 4.21. The minimum Gasteiger partial charge on any atom is -0.398 e. The molecule has 0 radical (unpaired) electrons. The quantitative estimate of drug-likeness (QED) is 0.636. The number of aliphatic hydroxyl groups excluding tert-OH is 1. The van der Waals surface area contributed by atoms with Gasteiger partial charge in [-0.3, -0.25) is 0 Å². The van der Waals surface area contributed by atoms with Gasteiger partial charge in [0.15, 0.2) is 0 Å². The van der Waals surface area contributed by atoms with Crippen molar-refractivity contribution in [2.75, 3.05) is 5.73 Å². The number of hydrogen-bond acceptors (Lipinski definition) is 2. The summed E-state index contributed by atoms with van der Waals surface area (Å²) in [5.74, 6) is 0. The molecule has 3 heteroatoms. The van der Waals surface area contributed by atoms with Gasteiger partial charge in [-0.05, 0) is 13.0 Å². The zero-order valence-electron chi connectivity index (χ0n) is 6.32. The Kier molecular flexibility index (Phi) is 3.93. The third-order valence-corrected chi connectivity index (χ3v) is 1.45. The van der Waals surface area contributed by atoms with Crippen molar-refractivity contribution in [1.29, 1.82) is 0 Å². The molecule has 11 heavy (non-hydrogen) atoms. The van der Waals surface area contributed by atoms with Gasteiger partial charge in [-0.15, -0.1) is 12.4 Å². The Morgan fingerprint density at radius 2 is 1.91 bits per heavy atom. The normalized spacial score (nSPS) is 11.8. The zero-order chi connectivity index (χ0) is 7.56. The van der Waals surface area contributed by atoms with E-state index < -0.39 is 6.10 Å². The van der Waals surface area contributed by atoms with Crippen LogP contribution < -0.4 is 5.73 Å². The van der Waals surface area contributed by atoms with Crippen LogP contribution >= 0.6 is 12.4 Å². The second-order valence-corrected chi connectivity index (χ2v) is 2.30. The van der Waals surface area contributed by atoms with E-state index in [1.165, 1.54) is 0 Å². The van der Waals surface area contributed by atoms with Crippen molar-refractivity contribution >= 4 is 18.1 Å². The average Bonchev–Trinajstić information content (AvgIpc) is 1.88. The van der Waals surface area contributed by atoms with Crippen molar-refractivity contribution in [1.82, 2.24) is 0 Å². The monoisotopic (exact) mass is 173 g/mol. The number of anilines is 1. The van der Waals surface area contributed by atoms with E-state index in [4.69, 9.17) is 10.8 Å². The van der Waals surface area contributed by atoms with Crippen LogP contribution in [0.1, 0.15) is 18.6 Å². The van der Waals surface area contributed by atoms with Gasteiger partial charge in [-0.2, -0.15) is 0 Å². The highest BCUT2D eigenvalue weighted by Crippen LogP contribution is 2.18. The fourth-order valence-corrected chi connectivity index (χ4v) is 0.891. The first kappa shape index (κ1) is 10.3. The molecule has 3 N–H and O–H groups in total. The summed E-state index contributed by atoms with van der Waals surface area (Å²) >= 11 is 0. The summed E-state index contributed by atoms with van der Waals surface area (Å²) in [7, 11) is 0. The third-order valence-electron chi connectivity index (χ3n) is 1.45. The van der Waals surface area contributed by atoms with Crippen LogP contribution in [-0.4, -0.2) is 5.11 Å². The first-order valence-electron chi connectivity index (χ1n) is 3.24. The number of benzene rings is 1. The van der Waals surface area contributed by atoms with Crippen LogP contribution in [0.4, 0.5) is 5.69 Å². The number of nitrogens with two attached hydrogens (primary N) is 1. The van der Waals surface area contributed by atoms with Crippen molar-refractivity contribution < 1.29 is 5.11 Å². The van der Waals surface area contributed by atoms with E-state index in [9.17, 15) is 0 Å². The number of para-hydroxylation sites is 1. The van der Waals surface area contributed by atoms with E-state index in [2.05, 4.69) is 0 Å². The fourth-order valence-electron chi connectivity index (χ4n) is 0.891. The summed E-state index contributed by atoms with van der Waals surface area (Å²) in [6.45, 7) is 1.70. The van der Waals surface area contributed by atoms with Gasteiger partial charge in [0.2, 0.25) is 0 Å². The van der Waals surface area contributed by atoms with Crippen molar-refractivity contribution in [3.8, 4) is 0 Å². The highest BCUT2D eigenvalue weighted by molar-refractivity contribution is 5.85. The van der Waals surface area contributed by atoms with Gasteiger partial charge in [0, 0.05) is 11.3 Å². The van der Waals surface area contributed by atoms with E-state index >= 15 is 0 Å². The van der Waals surface area contributed by atoms with Crippen molar-refractivity contribution in [3.05, 3.63) is 29.8 Å². The van der Waals surface area contributed by atoms with Crippen LogP contribution in [0.2, 0.25) is 0 Å². The predicted octanol–water partition coefficient (Wildman–Crippen LogP) is 1.74. The lowest BCUT2D eigenvalue weighted by Crippen LogP contribution is -1.96. The Balaban J connectivity index is 0.000001000. The number of halogens is 1. The van der Waals surface area contributed by atoms with E-state index in [0.29, 0.717) is 5.69 Å². The van der Waals surface area contributed by atoms with Crippen LogP contribution in [0.5, 0.6) is 0 Å². The van der Waals surface area contributed by atoms with Gasteiger partial charge in [0.1, 0.15) is 0 Å². The summed E-state index contributed by atoms with van der Waals surface area (Å²) in [5.41, 5.74) is 7.01. The standard InChI is InChI=1S/C8H11NO.ClH/c1-6(10)7-4-2-3-5-8(7)9;/h2-6,10H,9H2,1H3;1H. The van der Waals surface area contributed by atoms with Crippen molar-refractivity contribution in [2.45, 2.75) is 13.0 Å². The smallest absolute Gasteiger partial charge is 0.0781 e. The van der Waals surface area contributed by atoms with Crippen LogP contribution in [0.15, 0.2) is 24.3 Å². The van der Waals surface area contributed by atoms with Gasteiger partial charge in [-0.1, -0.05) is 18.2 Å². The fraction of sp³-hybridized carbons (Fsp3) is 0.250. The number of rotatable bonds is 1. The lowest BCUT2D eigenvalue weighted by Gasteiger charge is -2.06. The van der Waals surface area contributed by atoms with Crippen LogP contribution in [0.25, 0.3) is 0 Å². The molecule has 0 aliphatic rings. The molecule has 0 amide bonds. The lowest BCUT2D eigenvalue weighted by molar-refractivity contribution is 0.200. The van der Waals surface area contributed by atoms with Gasteiger partial charge in [-0.25, -0.2) is 0 Å². The number of aliphatic hydroxyl groups is 1. The highest BCUT2D eigenvalue weighted by Gasteiger charge is 2.01. The number of nitrogen functional groups attached to an aromatic ring is 1. The molecule has 0 aromatic heterocycles. The number of hydrogen-bond donors (Lipinski definition) is 2. The molecule has 0 saturated heterocycles. The lowest BCUT2D eigenvalue weighted by atomic mass is 10.1. The van der Waals surface area contributed by atoms with Crippen molar-refractivity contribution in [2.24, 2.45) is 0 Å².